The van der Waals surface area contributed by atoms with Crippen LogP contribution in [0.15, 0.2) is 30.3 Å². The van der Waals surface area contributed by atoms with Gasteiger partial charge >= 0.3 is 6.03 Å². The predicted octanol–water partition coefficient (Wildman–Crippen LogP) is 3.21. The smallest absolute Gasteiger partial charge is 0.321 e. The van der Waals surface area contributed by atoms with E-state index in [2.05, 4.69) is 9.69 Å². The van der Waals surface area contributed by atoms with Crippen LogP contribution in [0.3, 0.4) is 0 Å². The molecule has 0 atom stereocenters. The topological polar surface area (TPSA) is 45.2 Å². The molecule has 94 valence electrons. The molecular weight excluding hydrogens is 246 g/mol. The number of anilines is 1. The second kappa shape index (κ2) is 5.18. The van der Waals surface area contributed by atoms with E-state index in [1.54, 1.807) is 14.1 Å². The molecule has 0 aliphatic rings. The van der Waals surface area contributed by atoms with Crippen LogP contribution in [0.25, 0.3) is 11.3 Å². The van der Waals surface area contributed by atoms with Crippen LogP contribution in [0.4, 0.5) is 9.80 Å². The van der Waals surface area contributed by atoms with Gasteiger partial charge in [-0.25, -0.2) is 4.79 Å². The summed E-state index contributed by atoms with van der Waals surface area (Å²) in [5.41, 5.74) is 3.16. The van der Waals surface area contributed by atoms with Gasteiger partial charge in [-0.05, 0) is 18.5 Å². The maximum Gasteiger partial charge on any atom is 0.321 e. The van der Waals surface area contributed by atoms with E-state index in [4.69, 9.17) is 0 Å². The molecule has 1 heterocycles. The van der Waals surface area contributed by atoms with Crippen molar-refractivity contribution in [3.8, 4) is 11.3 Å². The maximum absolute atomic E-state index is 11.5. The van der Waals surface area contributed by atoms with E-state index in [0.717, 1.165) is 16.3 Å². The largest absolute Gasteiger partial charge is 0.331 e. The first kappa shape index (κ1) is 12.6. The molecule has 0 bridgehead atoms. The van der Waals surface area contributed by atoms with Crippen molar-refractivity contribution in [1.29, 1.82) is 0 Å². The number of hydrogen-bond donors (Lipinski definition) is 1. The fourth-order valence-corrected chi connectivity index (χ4v) is 2.06. The fourth-order valence-electron chi connectivity index (χ4n) is 1.41. The Morgan fingerprint density at radius 2 is 1.94 bits per heavy atom. The highest BCUT2D eigenvalue weighted by Gasteiger charge is 2.08. The average Bonchev–Trinajstić information content (AvgIpc) is 2.78. The molecule has 5 heteroatoms. The van der Waals surface area contributed by atoms with Gasteiger partial charge in [-0.1, -0.05) is 29.8 Å². The zero-order valence-corrected chi connectivity index (χ0v) is 11.4. The molecule has 18 heavy (non-hydrogen) atoms. The molecule has 0 saturated heterocycles. The Morgan fingerprint density at radius 3 is 2.56 bits per heavy atom. The number of carbonyl (C=O) groups excluding carboxylic acids is 1. The summed E-state index contributed by atoms with van der Waals surface area (Å²) in [6.07, 6.45) is 0. The Kier molecular flexibility index (Phi) is 3.62. The lowest BCUT2D eigenvalue weighted by atomic mass is 10.1. The highest BCUT2D eigenvalue weighted by molar-refractivity contribution is 7.10. The van der Waals surface area contributed by atoms with Crippen molar-refractivity contribution in [2.24, 2.45) is 0 Å². The first-order chi connectivity index (χ1) is 8.56. The number of carbonyl (C=O) groups is 1. The van der Waals surface area contributed by atoms with Gasteiger partial charge in [-0.3, -0.25) is 5.32 Å². The van der Waals surface area contributed by atoms with E-state index < -0.39 is 0 Å². The number of nitrogens with one attached hydrogen (secondary N) is 1. The summed E-state index contributed by atoms with van der Waals surface area (Å²) >= 11 is 1.29. The molecule has 0 aliphatic carbocycles. The summed E-state index contributed by atoms with van der Waals surface area (Å²) in [5.74, 6) is 0. The van der Waals surface area contributed by atoms with Crippen LogP contribution >= 0.6 is 11.5 Å². The van der Waals surface area contributed by atoms with Crippen LogP contribution in [0.1, 0.15) is 5.56 Å². The van der Waals surface area contributed by atoms with Crippen molar-refractivity contribution < 1.29 is 4.79 Å². The number of nitrogens with zero attached hydrogens (tertiary/aromatic N) is 2. The summed E-state index contributed by atoms with van der Waals surface area (Å²) < 4.78 is 4.34. The molecule has 1 N–H and O–H groups in total. The van der Waals surface area contributed by atoms with Gasteiger partial charge in [-0.2, -0.15) is 4.37 Å². The second-order valence-corrected chi connectivity index (χ2v) is 5.07. The quantitative estimate of drug-likeness (QED) is 0.902. The van der Waals surface area contributed by atoms with E-state index >= 15 is 0 Å². The van der Waals surface area contributed by atoms with Crippen molar-refractivity contribution in [2.75, 3.05) is 19.4 Å². The van der Waals surface area contributed by atoms with Gasteiger partial charge in [0.1, 0.15) is 5.00 Å². The van der Waals surface area contributed by atoms with Crippen molar-refractivity contribution in [1.82, 2.24) is 9.27 Å². The van der Waals surface area contributed by atoms with Crippen molar-refractivity contribution in [2.45, 2.75) is 6.92 Å². The Bertz CT molecular complexity index is 546. The minimum atomic E-state index is -0.144. The molecule has 0 spiro atoms. The van der Waals surface area contributed by atoms with Gasteiger partial charge in [0, 0.05) is 25.7 Å². The summed E-state index contributed by atoms with van der Waals surface area (Å²) in [7, 11) is 3.41. The lowest BCUT2D eigenvalue weighted by molar-refractivity contribution is 0.231. The van der Waals surface area contributed by atoms with Gasteiger partial charge in [0.15, 0.2) is 0 Å². The predicted molar refractivity (Wildman–Crippen MR) is 75.0 cm³/mol. The van der Waals surface area contributed by atoms with Crippen LogP contribution in [-0.2, 0) is 0 Å². The Morgan fingerprint density at radius 1 is 1.28 bits per heavy atom. The lowest BCUT2D eigenvalue weighted by Crippen LogP contribution is -2.26. The van der Waals surface area contributed by atoms with Gasteiger partial charge < -0.3 is 4.90 Å². The molecule has 1 aromatic carbocycles. The minimum Gasteiger partial charge on any atom is -0.331 e. The first-order valence-corrected chi connectivity index (χ1v) is 6.35. The minimum absolute atomic E-state index is 0.144. The maximum atomic E-state index is 11.5. The van der Waals surface area contributed by atoms with Gasteiger partial charge in [0.05, 0.1) is 5.69 Å². The second-order valence-electron chi connectivity index (χ2n) is 4.27. The standard InChI is InChI=1S/C13H15N3OS/c1-9-4-6-10(7-5-9)11-8-12(18-15-11)14-13(17)16(2)3/h4-8H,1-3H3,(H,14,17). The average molecular weight is 261 g/mol. The molecule has 0 radical (unpaired) electrons. The molecule has 2 rings (SSSR count). The molecule has 0 unspecified atom stereocenters. The summed E-state index contributed by atoms with van der Waals surface area (Å²) in [6.45, 7) is 2.05. The van der Waals surface area contributed by atoms with Crippen LogP contribution in [-0.4, -0.2) is 29.4 Å². The number of rotatable bonds is 2. The van der Waals surface area contributed by atoms with E-state index in [1.807, 2.05) is 37.3 Å². The number of hydrogen-bond acceptors (Lipinski definition) is 3. The van der Waals surface area contributed by atoms with Crippen molar-refractivity contribution in [3.05, 3.63) is 35.9 Å². The molecule has 0 saturated carbocycles. The first-order valence-electron chi connectivity index (χ1n) is 5.58. The number of amides is 2. The van der Waals surface area contributed by atoms with Crippen molar-refractivity contribution in [3.63, 3.8) is 0 Å². The number of urea groups is 1. The summed E-state index contributed by atoms with van der Waals surface area (Å²) in [4.78, 5) is 13.0. The van der Waals surface area contributed by atoms with Crippen LogP contribution in [0.2, 0.25) is 0 Å². The zero-order chi connectivity index (χ0) is 13.1. The Balaban J connectivity index is 2.15. The third kappa shape index (κ3) is 2.87. The molecule has 0 fully saturated rings. The normalized spacial score (nSPS) is 10.2. The summed E-state index contributed by atoms with van der Waals surface area (Å²) in [5, 5.41) is 3.54. The Hall–Kier alpha value is -1.88. The third-order valence-electron chi connectivity index (χ3n) is 2.49. The van der Waals surface area contributed by atoms with Gasteiger partial charge in [0.25, 0.3) is 0 Å². The van der Waals surface area contributed by atoms with E-state index in [9.17, 15) is 4.79 Å². The Labute approximate surface area is 110 Å². The van der Waals surface area contributed by atoms with E-state index in [0.29, 0.717) is 0 Å². The molecule has 0 aliphatic heterocycles. The molecule has 2 amide bonds. The highest BCUT2D eigenvalue weighted by atomic mass is 32.1. The van der Waals surface area contributed by atoms with Crippen molar-refractivity contribution >= 4 is 22.6 Å². The summed E-state index contributed by atoms with van der Waals surface area (Å²) in [6, 6.07) is 9.90. The van der Waals surface area contributed by atoms with Gasteiger partial charge in [0.2, 0.25) is 0 Å². The highest BCUT2D eigenvalue weighted by Crippen LogP contribution is 2.25. The lowest BCUT2D eigenvalue weighted by Gasteiger charge is -2.09. The molecule has 1 aromatic heterocycles. The number of benzene rings is 1. The van der Waals surface area contributed by atoms with E-state index in [-0.39, 0.29) is 6.03 Å². The number of aromatic nitrogens is 1. The fraction of sp³-hybridized carbons (Fsp3) is 0.231. The molecule has 4 nitrogen and oxygen atoms in total. The zero-order valence-electron chi connectivity index (χ0n) is 10.6. The van der Waals surface area contributed by atoms with Crippen LogP contribution < -0.4 is 5.32 Å². The molecular formula is C13H15N3OS. The third-order valence-corrected chi connectivity index (χ3v) is 3.20. The van der Waals surface area contributed by atoms with Crippen LogP contribution in [0.5, 0.6) is 0 Å². The molecule has 2 aromatic rings. The van der Waals surface area contributed by atoms with Crippen LogP contribution in [0, 0.1) is 6.92 Å². The monoisotopic (exact) mass is 261 g/mol. The van der Waals surface area contributed by atoms with Gasteiger partial charge in [-0.15, -0.1) is 0 Å². The SMILES string of the molecule is Cc1ccc(-c2cc(NC(=O)N(C)C)sn2)cc1. The van der Waals surface area contributed by atoms with E-state index in [1.165, 1.54) is 22.0 Å². The number of aryl methyl sites for hydroxylation is 1.